The van der Waals surface area contributed by atoms with Crippen LogP contribution in [0.25, 0.3) is 0 Å². The summed E-state index contributed by atoms with van der Waals surface area (Å²) in [5.74, 6) is 0.801. The number of nitrogens with one attached hydrogen (secondary N) is 2. The minimum absolute atomic E-state index is 0.00113. The van der Waals surface area contributed by atoms with E-state index in [0.29, 0.717) is 52.2 Å². The van der Waals surface area contributed by atoms with Gasteiger partial charge in [-0.2, -0.15) is 71.6 Å². The standard InChI is InChI=1S/C21H18N2S.C19H24N2OSi.C18H22N2OSi.C11H12N2O2.C9H10N2O.C6H11N3O.C3H7N3O2S/c1-4-10-17(11-5-1)21(24-16-20-22-23-20,18-12-6-2-7-13-18)19-14-8-3-9-15-19;1-15(18-20-21-18)22-23(19(2,3)4,16-11-7-5-8-12-16)17-13-9-6-10-14-17;1-18(2,3)22(21-14-17-19-20-17,15-10-6-4-7-11-15)16-12-8-5-9-13-16;14-11(7-6-10-12-13-10)15-8-9-4-2-1-3-5-9;1-2-4-8(5-3-1)6-12-7-9-10-11-9;1-2-7-6(10)4-3-5-8-9-5;1-9(4,7)8-2-3-5-6-3/h1-15,20H,16H2;5-15,18H,1-4H3;4-13,17H,14H2,1-3H3;1-5,10H,6-8H2;1-5,9H,6-7H2;5H,2-4H2,1H3,(H,7,10);3-4H,2H2,1H3. The van der Waals surface area contributed by atoms with Gasteiger partial charge in [-0.05, 0) is 72.5 Å². The summed E-state index contributed by atoms with van der Waals surface area (Å²) in [6, 6.07) is 94.6. The van der Waals surface area contributed by atoms with Gasteiger partial charge in [-0.3, -0.25) is 13.8 Å². The molecule has 7 aliphatic heterocycles. The third-order valence-electron chi connectivity index (χ3n) is 18.6. The van der Waals surface area contributed by atoms with E-state index in [1.807, 2.05) is 79.3 Å². The van der Waals surface area contributed by atoms with E-state index >= 15 is 0 Å². The predicted molar refractivity (Wildman–Crippen MR) is 456 cm³/mol. The van der Waals surface area contributed by atoms with E-state index in [4.69, 9.17) is 23.1 Å². The van der Waals surface area contributed by atoms with Crippen LogP contribution in [-0.2, 0) is 60.1 Å². The molecule has 9 aromatic rings. The molecule has 0 saturated carbocycles. The normalized spacial score (nSPS) is 15.6. The zero-order valence-corrected chi connectivity index (χ0v) is 70.4. The largest absolute Gasteiger partial charge is 0.461 e. The molecule has 2 N–H and O–H groups in total. The minimum Gasteiger partial charge on any atom is -0.461 e. The van der Waals surface area contributed by atoms with E-state index in [1.165, 1.54) is 49.3 Å². The van der Waals surface area contributed by atoms with Crippen molar-refractivity contribution in [2.45, 2.75) is 158 Å². The molecule has 0 aromatic heterocycles. The van der Waals surface area contributed by atoms with Crippen LogP contribution in [0.4, 0.5) is 0 Å². The highest BCUT2D eigenvalue weighted by Gasteiger charge is 2.53. The van der Waals surface area contributed by atoms with E-state index in [0.717, 1.165) is 17.7 Å². The van der Waals surface area contributed by atoms with Gasteiger partial charge in [-0.25, -0.2) is 8.99 Å². The Hall–Kier alpha value is -10.3. The van der Waals surface area contributed by atoms with Crippen LogP contribution in [0.3, 0.4) is 0 Å². The van der Waals surface area contributed by atoms with Crippen LogP contribution >= 0.6 is 11.8 Å². The summed E-state index contributed by atoms with van der Waals surface area (Å²) < 4.78 is 45.5. The molecule has 28 heteroatoms. The lowest BCUT2D eigenvalue weighted by atomic mass is 9.84. The Bertz CT molecular complexity index is 4560. The Kier molecular flexibility index (Phi) is 32.5. The van der Waals surface area contributed by atoms with Crippen LogP contribution < -0.4 is 26.1 Å². The summed E-state index contributed by atoms with van der Waals surface area (Å²) in [4.78, 5) is 22.0. The molecular formula is C87H104N16O8S2Si2. The number of rotatable bonds is 32. The highest BCUT2D eigenvalue weighted by molar-refractivity contribution is 8.00. The first-order valence-corrected chi connectivity index (χ1v) is 45.4. The second kappa shape index (κ2) is 42.9. The van der Waals surface area contributed by atoms with Crippen molar-refractivity contribution in [1.82, 2.24) is 5.32 Å². The number of ether oxygens (including phenoxy) is 2. The maximum absolute atomic E-state index is 11.2. The quantitative estimate of drug-likeness (QED) is 0.0230. The Morgan fingerprint density at radius 2 is 0.783 bits per heavy atom. The average Bonchev–Trinajstić information content (AvgIpc) is 1.33. The Morgan fingerprint density at radius 1 is 0.443 bits per heavy atom. The number of benzene rings is 9. The average molecular weight is 1620 g/mol. The molecule has 1 amide bonds. The SMILES string of the molecule is CC(C)(C)[Si](OCC1N=N1)(c1ccccc1)c1ccccc1.CC(O[Si](c1ccccc1)(c1ccccc1)C(C)(C)C)C1N=N1.CCNC(=O)CCC1N=N1.CS(=N)(=O)OCC1N=N1.O=C(CCC1N=N1)OCc1ccccc1.c1ccc(C(SCC2N=N2)(c2ccccc2)c2ccccc2)cc1.c1ccc(COCC2N=N2)cc1. The van der Waals surface area contributed by atoms with Crippen molar-refractivity contribution in [2.24, 2.45) is 71.6 Å². The van der Waals surface area contributed by atoms with E-state index in [9.17, 15) is 13.8 Å². The summed E-state index contributed by atoms with van der Waals surface area (Å²) in [5, 5.41) is 61.5. The molecule has 16 rings (SSSR count). The van der Waals surface area contributed by atoms with Gasteiger partial charge in [0.25, 0.3) is 16.6 Å². The van der Waals surface area contributed by atoms with E-state index in [-0.39, 0.29) is 82.6 Å². The van der Waals surface area contributed by atoms with Gasteiger partial charge in [-0.15, -0.1) is 11.8 Å². The first-order valence-electron chi connectivity index (χ1n) is 38.7. The molecule has 600 valence electrons. The number of thioether (sulfide) groups is 1. The molecule has 0 bridgehead atoms. The zero-order valence-electron chi connectivity index (χ0n) is 66.7. The van der Waals surface area contributed by atoms with Crippen molar-refractivity contribution < 1.29 is 36.3 Å². The number of carbonyl (C=O) groups excluding carboxylic acids is 2. The molecule has 0 radical (unpaired) electrons. The van der Waals surface area contributed by atoms with Crippen molar-refractivity contribution in [3.8, 4) is 0 Å². The summed E-state index contributed by atoms with van der Waals surface area (Å²) in [7, 11) is -7.65. The van der Waals surface area contributed by atoms with Crippen LogP contribution in [0.1, 0.15) is 109 Å². The van der Waals surface area contributed by atoms with Crippen molar-refractivity contribution >= 4 is 71.0 Å². The first-order chi connectivity index (χ1) is 55.6. The second-order valence-corrected chi connectivity index (χ2v) is 41.3. The van der Waals surface area contributed by atoms with Crippen molar-refractivity contribution in [3.63, 3.8) is 0 Å². The van der Waals surface area contributed by atoms with E-state index < -0.39 is 26.6 Å². The van der Waals surface area contributed by atoms with Crippen LogP contribution in [0.15, 0.2) is 345 Å². The van der Waals surface area contributed by atoms with Crippen LogP contribution in [0.5, 0.6) is 0 Å². The van der Waals surface area contributed by atoms with Gasteiger partial charge in [0.15, 0.2) is 28.5 Å². The Balaban J connectivity index is 0.000000146. The molecular weight excluding hydrogens is 1520 g/mol. The molecule has 0 spiro atoms. The summed E-state index contributed by atoms with van der Waals surface area (Å²) in [6.07, 6.45) is 3.91. The number of hydrogen-bond donors (Lipinski definition) is 2. The molecule has 2 atom stereocenters. The van der Waals surface area contributed by atoms with Gasteiger partial charge in [0.2, 0.25) is 30.6 Å². The lowest BCUT2D eigenvalue weighted by Crippen LogP contribution is -2.67. The summed E-state index contributed by atoms with van der Waals surface area (Å²) in [5.41, 5.74) is 6.05. The zero-order chi connectivity index (χ0) is 81.4. The van der Waals surface area contributed by atoms with Crippen LogP contribution in [-0.4, -0.2) is 120 Å². The summed E-state index contributed by atoms with van der Waals surface area (Å²) in [6.45, 7) is 20.8. The fourth-order valence-corrected chi connectivity index (χ4v) is 23.7. The molecule has 7 heterocycles. The first kappa shape index (κ1) is 87.1. The fourth-order valence-electron chi connectivity index (χ4n) is 12.6. The predicted octanol–water partition coefficient (Wildman–Crippen LogP) is 18.0. The topological polar surface area (TPSA) is 306 Å². The van der Waals surface area contributed by atoms with Gasteiger partial charge in [-0.1, -0.05) is 315 Å². The Morgan fingerprint density at radius 3 is 1.14 bits per heavy atom. The molecule has 0 saturated heterocycles. The van der Waals surface area contributed by atoms with Gasteiger partial charge in [0.05, 0.1) is 30.7 Å². The third-order valence-corrected chi connectivity index (χ3v) is 31.0. The van der Waals surface area contributed by atoms with E-state index in [2.05, 4.69) is 342 Å². The van der Waals surface area contributed by atoms with Crippen molar-refractivity contribution in [3.05, 3.63) is 301 Å². The lowest BCUT2D eigenvalue weighted by molar-refractivity contribution is -0.145. The van der Waals surface area contributed by atoms with Gasteiger partial charge < -0.3 is 23.6 Å². The highest BCUT2D eigenvalue weighted by atomic mass is 32.2. The number of hydrogen-bond acceptors (Lipinski definition) is 24. The van der Waals surface area contributed by atoms with Gasteiger partial charge >= 0.3 is 5.97 Å². The molecule has 0 aliphatic carbocycles. The monoisotopic (exact) mass is 1620 g/mol. The van der Waals surface area contributed by atoms with Gasteiger partial charge in [0, 0.05) is 44.2 Å². The number of esters is 1. The van der Waals surface area contributed by atoms with Crippen molar-refractivity contribution in [1.29, 1.82) is 4.78 Å². The van der Waals surface area contributed by atoms with E-state index in [1.54, 1.807) is 0 Å². The maximum Gasteiger partial charge on any atom is 0.306 e. The lowest BCUT2D eigenvalue weighted by Gasteiger charge is -2.44. The van der Waals surface area contributed by atoms with Gasteiger partial charge in [0.1, 0.15) is 13.2 Å². The molecule has 2 unspecified atom stereocenters. The molecule has 7 aliphatic rings. The Labute approximate surface area is 682 Å². The smallest absolute Gasteiger partial charge is 0.306 e. The third kappa shape index (κ3) is 28.6. The molecule has 24 nitrogen and oxygen atoms in total. The highest BCUT2D eigenvalue weighted by Crippen LogP contribution is 2.49. The fraction of sp³-hybridized carbons (Fsp3) is 0.356. The summed E-state index contributed by atoms with van der Waals surface area (Å²) >= 11 is 1.91. The molecule has 0 fully saturated rings. The second-order valence-electron chi connectivity index (χ2n) is 29.7. The number of amides is 1. The van der Waals surface area contributed by atoms with Crippen molar-refractivity contribution in [2.75, 3.05) is 38.4 Å². The minimum atomic E-state index is -2.80. The maximum atomic E-state index is 11.2. The molecule has 115 heavy (non-hydrogen) atoms. The molecule has 9 aromatic carbocycles. The number of nitrogens with zero attached hydrogens (tertiary/aromatic N) is 14. The number of carbonyl (C=O) groups is 2. The van der Waals surface area contributed by atoms with Crippen LogP contribution in [0, 0.1) is 4.78 Å². The van der Waals surface area contributed by atoms with Crippen LogP contribution in [0.2, 0.25) is 10.1 Å².